The molecule has 0 N–H and O–H groups in total. The minimum absolute atomic E-state index is 0.00617. The zero-order valence-corrected chi connectivity index (χ0v) is 9.25. The lowest BCUT2D eigenvalue weighted by atomic mass is 10.1. The van der Waals surface area contributed by atoms with E-state index in [1.54, 1.807) is 0 Å². The van der Waals surface area contributed by atoms with Gasteiger partial charge in [-0.05, 0) is 19.1 Å². The molecule has 1 aromatic carbocycles. The molecule has 0 aliphatic heterocycles. The van der Waals surface area contributed by atoms with Crippen LogP contribution in [0.4, 0.5) is 13.2 Å². The highest BCUT2D eigenvalue weighted by atomic mass is 19.3. The molecule has 0 spiro atoms. The van der Waals surface area contributed by atoms with Crippen LogP contribution in [0.25, 0.3) is 0 Å². The number of benzene rings is 1. The molecule has 0 atom stereocenters. The zero-order chi connectivity index (χ0) is 13.7. The van der Waals surface area contributed by atoms with Crippen LogP contribution in [0.2, 0.25) is 0 Å². The Morgan fingerprint density at radius 2 is 2.17 bits per heavy atom. The van der Waals surface area contributed by atoms with Crippen LogP contribution in [-0.2, 0) is 4.74 Å². The summed E-state index contributed by atoms with van der Waals surface area (Å²) in [5, 5.41) is 8.68. The summed E-state index contributed by atoms with van der Waals surface area (Å²) >= 11 is 0. The maximum atomic E-state index is 13.2. The van der Waals surface area contributed by atoms with E-state index in [0.717, 1.165) is 12.1 Å². The Morgan fingerprint density at radius 1 is 1.50 bits per heavy atom. The van der Waals surface area contributed by atoms with Crippen molar-refractivity contribution in [1.82, 2.24) is 0 Å². The normalized spacial score (nSPS) is 10.0. The summed E-state index contributed by atoms with van der Waals surface area (Å²) < 4.78 is 46.2. The molecule has 7 heteroatoms. The maximum absolute atomic E-state index is 13.2. The van der Waals surface area contributed by atoms with E-state index in [4.69, 9.17) is 5.26 Å². The lowest BCUT2D eigenvalue weighted by Gasteiger charge is -2.11. The Balaban J connectivity index is 3.33. The van der Waals surface area contributed by atoms with E-state index in [9.17, 15) is 18.0 Å². The molecule has 18 heavy (non-hydrogen) atoms. The molecule has 4 nitrogen and oxygen atoms in total. The van der Waals surface area contributed by atoms with Crippen molar-refractivity contribution in [2.75, 3.05) is 6.61 Å². The van der Waals surface area contributed by atoms with Crippen molar-refractivity contribution in [2.24, 2.45) is 0 Å². The van der Waals surface area contributed by atoms with Gasteiger partial charge >= 0.3 is 12.6 Å². The molecule has 0 aliphatic carbocycles. The first kappa shape index (κ1) is 13.8. The number of esters is 1. The summed E-state index contributed by atoms with van der Waals surface area (Å²) in [7, 11) is 0. The Morgan fingerprint density at radius 3 is 2.67 bits per heavy atom. The molecular weight excluding hydrogens is 251 g/mol. The second-order valence-corrected chi connectivity index (χ2v) is 3.01. The second kappa shape index (κ2) is 5.91. The second-order valence-electron chi connectivity index (χ2n) is 3.01. The minimum Gasteiger partial charge on any atom is -0.462 e. The van der Waals surface area contributed by atoms with Crippen LogP contribution < -0.4 is 4.74 Å². The quantitative estimate of drug-likeness (QED) is 0.779. The Bertz CT molecular complexity index is 497. The average Bonchev–Trinajstić information content (AvgIpc) is 2.29. The first-order chi connectivity index (χ1) is 8.51. The highest BCUT2D eigenvalue weighted by molar-refractivity contribution is 5.93. The fraction of sp³-hybridized carbons (Fsp3) is 0.273. The maximum Gasteiger partial charge on any atom is 0.387 e. The highest BCUT2D eigenvalue weighted by Crippen LogP contribution is 2.28. The van der Waals surface area contributed by atoms with Gasteiger partial charge in [0, 0.05) is 0 Å². The first-order valence-corrected chi connectivity index (χ1v) is 4.85. The molecule has 0 aromatic heterocycles. The van der Waals surface area contributed by atoms with E-state index in [-0.39, 0.29) is 6.61 Å². The molecule has 1 aromatic rings. The molecule has 0 aliphatic rings. The topological polar surface area (TPSA) is 59.3 Å². The summed E-state index contributed by atoms with van der Waals surface area (Å²) in [6.45, 7) is -1.76. The van der Waals surface area contributed by atoms with Gasteiger partial charge in [-0.25, -0.2) is 9.18 Å². The van der Waals surface area contributed by atoms with Crippen molar-refractivity contribution in [1.29, 1.82) is 5.26 Å². The number of ether oxygens (including phenoxy) is 2. The fourth-order valence-electron chi connectivity index (χ4n) is 1.24. The number of carbonyl (C=O) groups is 1. The highest BCUT2D eigenvalue weighted by Gasteiger charge is 2.23. The van der Waals surface area contributed by atoms with Gasteiger partial charge in [-0.1, -0.05) is 0 Å². The molecule has 0 bridgehead atoms. The Hall–Kier alpha value is -2.23. The van der Waals surface area contributed by atoms with Gasteiger partial charge < -0.3 is 9.47 Å². The van der Waals surface area contributed by atoms with Gasteiger partial charge in [0.05, 0.1) is 6.61 Å². The molecule has 0 unspecified atom stereocenters. The van der Waals surface area contributed by atoms with Crippen molar-refractivity contribution in [3.05, 3.63) is 29.1 Å². The van der Waals surface area contributed by atoms with E-state index in [2.05, 4.69) is 9.47 Å². The Labute approximate surface area is 101 Å². The predicted octanol–water partition coefficient (Wildman–Crippen LogP) is 2.48. The van der Waals surface area contributed by atoms with Crippen molar-refractivity contribution < 1.29 is 27.4 Å². The van der Waals surface area contributed by atoms with Crippen LogP contribution in [0.1, 0.15) is 22.8 Å². The van der Waals surface area contributed by atoms with Crippen molar-refractivity contribution >= 4 is 5.97 Å². The summed E-state index contributed by atoms with van der Waals surface area (Å²) in [4.78, 5) is 11.4. The van der Waals surface area contributed by atoms with Crippen LogP contribution in [0.3, 0.4) is 0 Å². The number of nitrogens with zero attached hydrogens (tertiary/aromatic N) is 1. The number of alkyl halides is 2. The number of hydrogen-bond acceptors (Lipinski definition) is 4. The molecule has 1 rings (SSSR count). The van der Waals surface area contributed by atoms with Gasteiger partial charge in [0.2, 0.25) is 0 Å². The van der Waals surface area contributed by atoms with Gasteiger partial charge in [-0.2, -0.15) is 14.0 Å². The van der Waals surface area contributed by atoms with Crippen LogP contribution in [0, 0.1) is 17.1 Å². The first-order valence-electron chi connectivity index (χ1n) is 4.85. The summed E-state index contributed by atoms with van der Waals surface area (Å²) in [5.41, 5.74) is -1.18. The molecule has 0 radical (unpaired) electrons. The molecular formula is C11H8F3NO3. The molecule has 0 fully saturated rings. The van der Waals surface area contributed by atoms with Gasteiger partial charge in [0.25, 0.3) is 0 Å². The third-order valence-corrected chi connectivity index (χ3v) is 1.92. The zero-order valence-electron chi connectivity index (χ0n) is 9.25. The fourth-order valence-corrected chi connectivity index (χ4v) is 1.24. The standard InChI is InChI=1S/C11H8F3NO3/c1-2-17-10(16)6-3-4-8(12)7(5-15)9(6)18-11(13)14/h3-4,11H,2H2,1H3. The van der Waals surface area contributed by atoms with Crippen molar-refractivity contribution in [3.63, 3.8) is 0 Å². The lowest BCUT2D eigenvalue weighted by Crippen LogP contribution is -2.12. The van der Waals surface area contributed by atoms with Crippen LogP contribution in [-0.4, -0.2) is 19.2 Å². The van der Waals surface area contributed by atoms with Crippen LogP contribution >= 0.6 is 0 Å². The van der Waals surface area contributed by atoms with E-state index in [1.165, 1.54) is 13.0 Å². The summed E-state index contributed by atoms with van der Waals surface area (Å²) in [6, 6.07) is 3.10. The van der Waals surface area contributed by atoms with Gasteiger partial charge in [-0.3, -0.25) is 0 Å². The van der Waals surface area contributed by atoms with E-state index in [1.807, 2.05) is 0 Å². The predicted molar refractivity (Wildman–Crippen MR) is 53.7 cm³/mol. The monoisotopic (exact) mass is 259 g/mol. The largest absolute Gasteiger partial charge is 0.462 e. The molecule has 0 heterocycles. The van der Waals surface area contributed by atoms with Crippen molar-refractivity contribution in [2.45, 2.75) is 13.5 Å². The SMILES string of the molecule is CCOC(=O)c1ccc(F)c(C#N)c1OC(F)F. The van der Waals surface area contributed by atoms with E-state index < -0.39 is 35.3 Å². The average molecular weight is 259 g/mol. The lowest BCUT2D eigenvalue weighted by molar-refractivity contribution is -0.0508. The molecule has 0 saturated heterocycles. The van der Waals surface area contributed by atoms with Gasteiger partial charge in [-0.15, -0.1) is 0 Å². The summed E-state index contributed by atoms with van der Waals surface area (Å²) in [5.74, 6) is -2.84. The molecule has 96 valence electrons. The van der Waals surface area contributed by atoms with Crippen LogP contribution in [0.5, 0.6) is 5.75 Å². The van der Waals surface area contributed by atoms with Crippen molar-refractivity contribution in [3.8, 4) is 11.8 Å². The van der Waals surface area contributed by atoms with Gasteiger partial charge in [0.15, 0.2) is 5.75 Å². The smallest absolute Gasteiger partial charge is 0.387 e. The Kier molecular flexibility index (Phi) is 4.54. The number of halogens is 3. The van der Waals surface area contributed by atoms with Crippen LogP contribution in [0.15, 0.2) is 12.1 Å². The molecule has 0 saturated carbocycles. The minimum atomic E-state index is -3.29. The third kappa shape index (κ3) is 2.91. The van der Waals surface area contributed by atoms with E-state index >= 15 is 0 Å². The van der Waals surface area contributed by atoms with Gasteiger partial charge in [0.1, 0.15) is 23.0 Å². The number of carbonyl (C=O) groups excluding carboxylic acids is 1. The number of rotatable bonds is 4. The third-order valence-electron chi connectivity index (χ3n) is 1.92. The summed E-state index contributed by atoms with van der Waals surface area (Å²) in [6.07, 6.45) is 0. The number of hydrogen-bond donors (Lipinski definition) is 0. The number of nitriles is 1. The van der Waals surface area contributed by atoms with E-state index in [0.29, 0.717) is 0 Å². The molecule has 0 amide bonds.